The minimum absolute atomic E-state index is 0.114. The summed E-state index contributed by atoms with van der Waals surface area (Å²) in [6.07, 6.45) is 0. The number of aromatic nitrogens is 1. The summed E-state index contributed by atoms with van der Waals surface area (Å²) >= 11 is 1.66. The van der Waals surface area contributed by atoms with Gasteiger partial charge in [0.25, 0.3) is 5.91 Å². The Morgan fingerprint density at radius 2 is 1.91 bits per heavy atom. The van der Waals surface area contributed by atoms with Gasteiger partial charge >= 0.3 is 0 Å². The highest BCUT2D eigenvalue weighted by Crippen LogP contribution is 2.35. The van der Waals surface area contributed by atoms with Crippen LogP contribution in [0.3, 0.4) is 0 Å². The molecule has 0 atom stereocenters. The van der Waals surface area contributed by atoms with E-state index in [9.17, 15) is 9.59 Å². The lowest BCUT2D eigenvalue weighted by Crippen LogP contribution is -2.30. The van der Waals surface area contributed by atoms with Crippen molar-refractivity contribution in [3.8, 4) is 22.8 Å². The van der Waals surface area contributed by atoms with Crippen molar-refractivity contribution in [3.05, 3.63) is 76.3 Å². The number of pyridine rings is 1. The van der Waals surface area contributed by atoms with E-state index >= 15 is 0 Å². The molecule has 8 heteroatoms. The number of amides is 1. The summed E-state index contributed by atoms with van der Waals surface area (Å²) in [4.78, 5) is 30.2. The maximum atomic E-state index is 12.9. The van der Waals surface area contributed by atoms with Gasteiger partial charge in [-0.1, -0.05) is 18.2 Å². The monoisotopic (exact) mass is 490 g/mol. The van der Waals surface area contributed by atoms with E-state index in [4.69, 9.17) is 14.6 Å². The zero-order valence-electron chi connectivity index (χ0n) is 19.8. The number of aliphatic hydroxyl groups excluding tert-OH is 1. The van der Waals surface area contributed by atoms with Crippen molar-refractivity contribution in [2.75, 3.05) is 26.9 Å². The standard InChI is InChI=1S/C27H26N2O5S/c1-16-11-21(20-15-35-26-17(2)5-4-6-19(20)26)29-22(12-16)23(31)14-28-27(32)18-7-8-24(34-10-9-30)25(13-18)33-3/h4-8,11-13,15,30H,9-10,14H2,1-3H3,(H,28,32). The van der Waals surface area contributed by atoms with Crippen LogP contribution in [0.25, 0.3) is 21.3 Å². The summed E-state index contributed by atoms with van der Waals surface area (Å²) < 4.78 is 11.9. The number of methoxy groups -OCH3 is 1. The number of thiophene rings is 1. The molecule has 2 aromatic heterocycles. The maximum Gasteiger partial charge on any atom is 0.251 e. The van der Waals surface area contributed by atoms with Crippen molar-refractivity contribution in [1.29, 1.82) is 0 Å². The van der Waals surface area contributed by atoms with Gasteiger partial charge in [0, 0.05) is 26.6 Å². The summed E-state index contributed by atoms with van der Waals surface area (Å²) in [6, 6.07) is 14.5. The van der Waals surface area contributed by atoms with Gasteiger partial charge < -0.3 is 19.9 Å². The predicted octanol–water partition coefficient (Wildman–Crippen LogP) is 4.57. The molecule has 0 aliphatic heterocycles. The molecule has 0 radical (unpaired) electrons. The number of ether oxygens (including phenoxy) is 2. The number of ketones is 1. The second-order valence-corrected chi connectivity index (χ2v) is 8.94. The third kappa shape index (κ3) is 5.34. The van der Waals surface area contributed by atoms with E-state index in [1.807, 2.05) is 19.1 Å². The van der Waals surface area contributed by atoms with Crippen LogP contribution in [-0.4, -0.2) is 48.6 Å². The van der Waals surface area contributed by atoms with Crippen LogP contribution in [0.15, 0.2) is 53.9 Å². The van der Waals surface area contributed by atoms with Crippen LogP contribution in [0.4, 0.5) is 0 Å². The minimum Gasteiger partial charge on any atom is -0.493 e. The summed E-state index contributed by atoms with van der Waals surface area (Å²) in [5, 5.41) is 14.8. The first-order valence-electron chi connectivity index (χ1n) is 11.1. The Labute approximate surface area is 207 Å². The molecule has 0 bridgehead atoms. The second-order valence-electron chi connectivity index (χ2n) is 8.06. The van der Waals surface area contributed by atoms with E-state index in [0.29, 0.717) is 22.8 Å². The molecule has 4 rings (SSSR count). The fourth-order valence-corrected chi connectivity index (χ4v) is 4.83. The first-order valence-corrected chi connectivity index (χ1v) is 12.0. The summed E-state index contributed by atoms with van der Waals surface area (Å²) in [7, 11) is 1.46. The number of nitrogens with zero attached hydrogens (tertiary/aromatic N) is 1. The van der Waals surface area contributed by atoms with Gasteiger partial charge in [-0.3, -0.25) is 9.59 Å². The van der Waals surface area contributed by atoms with Crippen molar-refractivity contribution in [1.82, 2.24) is 10.3 Å². The fraction of sp³-hybridized carbons (Fsp3) is 0.222. The number of aliphatic hydroxyl groups is 1. The van der Waals surface area contributed by atoms with E-state index in [1.165, 1.54) is 23.4 Å². The number of rotatable bonds is 9. The molecule has 0 saturated carbocycles. The molecule has 180 valence electrons. The van der Waals surface area contributed by atoms with Crippen molar-refractivity contribution in [3.63, 3.8) is 0 Å². The molecule has 2 aromatic carbocycles. The number of fused-ring (bicyclic) bond motifs is 1. The van der Waals surface area contributed by atoms with Gasteiger partial charge in [-0.15, -0.1) is 11.3 Å². The number of Topliss-reactive ketones (excluding diaryl/α,β-unsaturated/α-hetero) is 1. The molecule has 0 fully saturated rings. The van der Waals surface area contributed by atoms with E-state index in [-0.39, 0.29) is 25.5 Å². The predicted molar refractivity (Wildman–Crippen MR) is 137 cm³/mol. The minimum atomic E-state index is -0.419. The number of carbonyl (C=O) groups excluding carboxylic acids is 2. The molecule has 35 heavy (non-hydrogen) atoms. The Morgan fingerprint density at radius 3 is 2.69 bits per heavy atom. The highest BCUT2D eigenvalue weighted by Gasteiger charge is 2.16. The van der Waals surface area contributed by atoms with Crippen LogP contribution in [-0.2, 0) is 0 Å². The third-order valence-electron chi connectivity index (χ3n) is 5.51. The van der Waals surface area contributed by atoms with Crippen LogP contribution in [0.5, 0.6) is 11.5 Å². The number of carbonyl (C=O) groups is 2. The molecule has 2 heterocycles. The molecule has 4 aromatic rings. The van der Waals surface area contributed by atoms with Gasteiger partial charge in [0.05, 0.1) is 26.0 Å². The Balaban J connectivity index is 1.50. The number of nitrogens with one attached hydrogen (secondary N) is 1. The van der Waals surface area contributed by atoms with Gasteiger partial charge in [-0.2, -0.15) is 0 Å². The molecule has 0 aliphatic carbocycles. The van der Waals surface area contributed by atoms with Crippen LogP contribution in [0.1, 0.15) is 32.0 Å². The van der Waals surface area contributed by atoms with Crippen molar-refractivity contribution in [2.45, 2.75) is 13.8 Å². The molecule has 1 amide bonds. The molecular formula is C27H26N2O5S. The van der Waals surface area contributed by atoms with Gasteiger partial charge in [0.2, 0.25) is 0 Å². The van der Waals surface area contributed by atoms with Crippen molar-refractivity contribution in [2.24, 2.45) is 0 Å². The number of benzene rings is 2. The largest absolute Gasteiger partial charge is 0.493 e. The van der Waals surface area contributed by atoms with E-state index < -0.39 is 5.91 Å². The zero-order chi connectivity index (χ0) is 24.9. The Morgan fingerprint density at radius 1 is 1.09 bits per heavy atom. The first-order chi connectivity index (χ1) is 16.9. The van der Waals surface area contributed by atoms with Crippen LogP contribution in [0, 0.1) is 13.8 Å². The summed E-state index contributed by atoms with van der Waals surface area (Å²) in [5.74, 6) is 0.0777. The SMILES string of the molecule is COc1cc(C(=O)NCC(=O)c2cc(C)cc(-c3csc4c(C)cccc34)n2)ccc1OCCO. The van der Waals surface area contributed by atoms with Crippen LogP contribution >= 0.6 is 11.3 Å². The summed E-state index contributed by atoms with van der Waals surface area (Å²) in [6.45, 7) is 3.79. The zero-order valence-corrected chi connectivity index (χ0v) is 20.6. The smallest absolute Gasteiger partial charge is 0.251 e. The topological polar surface area (TPSA) is 97.8 Å². The Kier molecular flexibility index (Phi) is 7.43. The molecule has 0 saturated heterocycles. The summed E-state index contributed by atoms with van der Waals surface area (Å²) in [5.41, 5.74) is 4.47. The molecule has 2 N–H and O–H groups in total. The van der Waals surface area contributed by atoms with E-state index in [0.717, 1.165) is 22.2 Å². The lowest BCUT2D eigenvalue weighted by molar-refractivity contribution is 0.0902. The Hall–Kier alpha value is -3.75. The van der Waals surface area contributed by atoms with Crippen molar-refractivity contribution < 1.29 is 24.2 Å². The van der Waals surface area contributed by atoms with Gasteiger partial charge in [0.15, 0.2) is 17.3 Å². The van der Waals surface area contributed by atoms with Crippen molar-refractivity contribution >= 4 is 33.1 Å². The highest BCUT2D eigenvalue weighted by atomic mass is 32.1. The second kappa shape index (κ2) is 10.7. The quantitative estimate of drug-likeness (QED) is 0.334. The molecular weight excluding hydrogens is 464 g/mol. The Bertz CT molecular complexity index is 1400. The van der Waals surface area contributed by atoms with Gasteiger partial charge in [-0.25, -0.2) is 4.98 Å². The van der Waals surface area contributed by atoms with Gasteiger partial charge in [0.1, 0.15) is 12.3 Å². The van der Waals surface area contributed by atoms with E-state index in [1.54, 1.807) is 29.5 Å². The van der Waals surface area contributed by atoms with Crippen LogP contribution < -0.4 is 14.8 Å². The lowest BCUT2D eigenvalue weighted by Gasteiger charge is -2.12. The average Bonchev–Trinajstić information content (AvgIpc) is 3.31. The van der Waals surface area contributed by atoms with E-state index in [2.05, 4.69) is 34.7 Å². The highest BCUT2D eigenvalue weighted by molar-refractivity contribution is 7.18. The fourth-order valence-electron chi connectivity index (χ4n) is 3.79. The number of aryl methyl sites for hydroxylation is 2. The molecule has 0 unspecified atom stereocenters. The first kappa shape index (κ1) is 24.4. The number of hydrogen-bond acceptors (Lipinski definition) is 7. The number of hydrogen-bond donors (Lipinski definition) is 2. The molecule has 0 aliphatic rings. The molecule has 0 spiro atoms. The van der Waals surface area contributed by atoms with Gasteiger partial charge in [-0.05, 0) is 55.3 Å². The molecule has 7 nitrogen and oxygen atoms in total. The maximum absolute atomic E-state index is 12.9. The normalized spacial score (nSPS) is 10.9. The van der Waals surface area contributed by atoms with Crippen LogP contribution in [0.2, 0.25) is 0 Å². The average molecular weight is 491 g/mol. The third-order valence-corrected chi connectivity index (χ3v) is 6.64. The lowest BCUT2D eigenvalue weighted by atomic mass is 10.0.